The molecule has 0 saturated carbocycles. The van der Waals surface area contributed by atoms with Crippen LogP contribution < -0.4 is 20.7 Å². The summed E-state index contributed by atoms with van der Waals surface area (Å²) in [5.41, 5.74) is 6.28. The molecule has 4 N–H and O–H groups in total. The van der Waals surface area contributed by atoms with E-state index in [2.05, 4.69) is 10.1 Å². The van der Waals surface area contributed by atoms with Gasteiger partial charge in [0.25, 0.3) is 17.7 Å². The second kappa shape index (κ2) is 13.1. The Balaban J connectivity index is 0.00000507. The van der Waals surface area contributed by atoms with Gasteiger partial charge in [0.2, 0.25) is 0 Å². The lowest BCUT2D eigenvalue weighted by atomic mass is 10.1. The maximum absolute atomic E-state index is 13.2. The van der Waals surface area contributed by atoms with Crippen molar-refractivity contribution >= 4 is 41.5 Å². The zero-order valence-electron chi connectivity index (χ0n) is 20.4. The van der Waals surface area contributed by atoms with E-state index in [1.807, 2.05) is 6.07 Å². The molecule has 38 heavy (non-hydrogen) atoms. The zero-order chi connectivity index (χ0) is 27.3. The fourth-order valence-electron chi connectivity index (χ4n) is 3.73. The lowest BCUT2D eigenvalue weighted by molar-refractivity contribution is -0.150. The summed E-state index contributed by atoms with van der Waals surface area (Å²) in [6.07, 6.45) is -3.65. The van der Waals surface area contributed by atoms with Gasteiger partial charge >= 0.3 is 6.61 Å². The van der Waals surface area contributed by atoms with Gasteiger partial charge in [-0.3, -0.25) is 14.4 Å². The molecule has 1 saturated heterocycles. The van der Waals surface area contributed by atoms with Crippen molar-refractivity contribution in [1.82, 2.24) is 4.90 Å². The molecule has 0 unspecified atom stereocenters. The van der Waals surface area contributed by atoms with Crippen LogP contribution in [0, 0.1) is 11.3 Å². The number of hydrogen-bond donors (Lipinski definition) is 3. The van der Waals surface area contributed by atoms with Gasteiger partial charge in [0.05, 0.1) is 29.5 Å². The highest BCUT2D eigenvalue weighted by Crippen LogP contribution is 2.36. The number of morpholine rings is 1. The van der Waals surface area contributed by atoms with Crippen molar-refractivity contribution in [2.75, 3.05) is 37.5 Å². The summed E-state index contributed by atoms with van der Waals surface area (Å²) in [4.78, 5) is 40.7. The molecule has 1 fully saturated rings. The van der Waals surface area contributed by atoms with E-state index in [9.17, 15) is 28.3 Å². The monoisotopic (exact) mass is 553 g/mol. The number of carbonyl (C=O) groups excluding carboxylic acids is 3. The zero-order valence-corrected chi connectivity index (χ0v) is 21.2. The molecule has 0 radical (unpaired) electrons. The second-order valence-electron chi connectivity index (χ2n) is 8.14. The van der Waals surface area contributed by atoms with Crippen LogP contribution in [0.3, 0.4) is 0 Å². The van der Waals surface area contributed by atoms with Crippen LogP contribution in [0.25, 0.3) is 0 Å². The lowest BCUT2D eigenvalue weighted by Gasteiger charge is -2.35. The first-order chi connectivity index (χ1) is 17.6. The number of nitrogens with zero attached hydrogens (tertiary/aromatic N) is 3. The number of carbonyl (C=O) groups is 3. The van der Waals surface area contributed by atoms with Gasteiger partial charge < -0.3 is 35.4 Å². The third kappa shape index (κ3) is 6.53. The molecule has 11 nitrogen and oxygen atoms in total. The van der Waals surface area contributed by atoms with Gasteiger partial charge in [0, 0.05) is 32.9 Å². The number of rotatable bonds is 8. The van der Waals surface area contributed by atoms with E-state index in [4.69, 9.17) is 15.7 Å². The molecule has 204 valence electrons. The van der Waals surface area contributed by atoms with Gasteiger partial charge in [-0.1, -0.05) is 6.07 Å². The first-order valence-corrected chi connectivity index (χ1v) is 11.0. The number of anilines is 2. The predicted molar refractivity (Wildman–Crippen MR) is 134 cm³/mol. The molecule has 1 aliphatic heterocycles. The molecule has 1 aliphatic rings. The van der Waals surface area contributed by atoms with Gasteiger partial charge in [0.15, 0.2) is 18.0 Å². The first-order valence-electron chi connectivity index (χ1n) is 11.0. The standard InChI is InChI=1S/C24H25F2N5O6.ClH/c1-30(2)22(34)16-4-3-5-17(19(16)37-24(25)26)31-8-9-36-20(23(31)35)18(32)21(33)29-15-7-6-13(11-27)14(10-15)12-28;/h3-7,10,18,20,24,32H,8-9,12,28H2,1-2H3,(H,29,33);1H/t18-,20-;/m1./s1. The van der Waals surface area contributed by atoms with Crippen molar-refractivity contribution in [3.8, 4) is 11.8 Å². The summed E-state index contributed by atoms with van der Waals surface area (Å²) in [6, 6.07) is 10.3. The molecule has 2 aromatic rings. The Morgan fingerprint density at radius 3 is 2.66 bits per heavy atom. The van der Waals surface area contributed by atoms with Crippen molar-refractivity contribution in [2.24, 2.45) is 5.73 Å². The fraction of sp³-hybridized carbons (Fsp3) is 0.333. The van der Waals surface area contributed by atoms with Crippen LogP contribution >= 0.6 is 12.4 Å². The molecule has 0 spiro atoms. The number of hydrogen-bond acceptors (Lipinski definition) is 8. The minimum absolute atomic E-state index is 0. The van der Waals surface area contributed by atoms with E-state index < -0.39 is 42.3 Å². The minimum Gasteiger partial charge on any atom is -0.432 e. The number of alkyl halides is 2. The Morgan fingerprint density at radius 1 is 1.34 bits per heavy atom. The number of nitrogens with one attached hydrogen (secondary N) is 1. The third-order valence-electron chi connectivity index (χ3n) is 5.52. The van der Waals surface area contributed by atoms with Gasteiger partial charge in [0.1, 0.15) is 0 Å². The number of halogens is 3. The summed E-state index contributed by atoms with van der Waals surface area (Å²) < 4.78 is 36.4. The number of nitriles is 1. The Kier molecular flexibility index (Phi) is 10.5. The largest absolute Gasteiger partial charge is 0.432 e. The highest BCUT2D eigenvalue weighted by molar-refractivity contribution is 6.06. The Morgan fingerprint density at radius 2 is 2.05 bits per heavy atom. The molecular weight excluding hydrogens is 528 g/mol. The van der Waals surface area contributed by atoms with Crippen LogP contribution in [0.2, 0.25) is 0 Å². The molecule has 0 aliphatic carbocycles. The Hall–Kier alpha value is -3.83. The van der Waals surface area contributed by atoms with Crippen molar-refractivity contribution in [1.29, 1.82) is 5.26 Å². The molecule has 3 amide bonds. The topological polar surface area (TPSA) is 158 Å². The van der Waals surface area contributed by atoms with Crippen LogP contribution in [-0.4, -0.2) is 73.8 Å². The van der Waals surface area contributed by atoms with Crippen LogP contribution in [0.1, 0.15) is 21.5 Å². The molecule has 14 heteroatoms. The van der Waals surface area contributed by atoms with E-state index in [-0.39, 0.29) is 49.0 Å². The maximum atomic E-state index is 13.2. The van der Waals surface area contributed by atoms with Gasteiger partial charge in [-0.05, 0) is 35.9 Å². The highest BCUT2D eigenvalue weighted by Gasteiger charge is 2.41. The smallest absolute Gasteiger partial charge is 0.387 e. The van der Waals surface area contributed by atoms with Crippen molar-refractivity contribution < 1.29 is 37.7 Å². The van der Waals surface area contributed by atoms with E-state index >= 15 is 0 Å². The van der Waals surface area contributed by atoms with E-state index in [0.717, 1.165) is 9.80 Å². The van der Waals surface area contributed by atoms with Gasteiger partial charge in [-0.15, -0.1) is 12.4 Å². The number of ether oxygens (including phenoxy) is 2. The number of para-hydroxylation sites is 1. The maximum Gasteiger partial charge on any atom is 0.387 e. The average molecular weight is 554 g/mol. The molecule has 0 aromatic heterocycles. The molecule has 1 heterocycles. The normalized spacial score (nSPS) is 15.8. The van der Waals surface area contributed by atoms with Crippen LogP contribution in [-0.2, 0) is 20.9 Å². The van der Waals surface area contributed by atoms with Crippen LogP contribution in [0.4, 0.5) is 20.2 Å². The quantitative estimate of drug-likeness (QED) is 0.443. The third-order valence-corrected chi connectivity index (χ3v) is 5.52. The number of aliphatic hydroxyl groups excluding tert-OH is 1. The number of aliphatic hydroxyl groups is 1. The van der Waals surface area contributed by atoms with E-state index in [0.29, 0.717) is 11.1 Å². The first kappa shape index (κ1) is 30.4. The number of benzene rings is 2. The van der Waals surface area contributed by atoms with Crippen molar-refractivity contribution in [2.45, 2.75) is 25.4 Å². The molecule has 3 rings (SSSR count). The van der Waals surface area contributed by atoms with Crippen molar-refractivity contribution in [3.63, 3.8) is 0 Å². The van der Waals surface area contributed by atoms with Crippen LogP contribution in [0.5, 0.6) is 5.75 Å². The summed E-state index contributed by atoms with van der Waals surface area (Å²) in [5, 5.41) is 22.2. The molecular formula is C24H26ClF2N5O6. The Labute approximate surface area is 223 Å². The Bertz CT molecular complexity index is 1240. The minimum atomic E-state index is -3.29. The lowest BCUT2D eigenvalue weighted by Crippen LogP contribution is -2.55. The summed E-state index contributed by atoms with van der Waals surface area (Å²) in [7, 11) is 2.85. The molecule has 2 atom stereocenters. The van der Waals surface area contributed by atoms with E-state index in [1.54, 1.807) is 0 Å². The number of nitrogens with two attached hydrogens (primary N) is 1. The summed E-state index contributed by atoms with van der Waals surface area (Å²) >= 11 is 0. The SMILES string of the molecule is CN(C)C(=O)c1cccc(N2CCO[C@H]([C@@H](O)C(=O)Nc3ccc(C#N)c(CN)c3)C2=O)c1OC(F)F.Cl. The predicted octanol–water partition coefficient (Wildman–Crippen LogP) is 1.47. The second-order valence-corrected chi connectivity index (χ2v) is 8.14. The van der Waals surface area contributed by atoms with Crippen LogP contribution in [0.15, 0.2) is 36.4 Å². The van der Waals surface area contributed by atoms with Gasteiger partial charge in [-0.2, -0.15) is 14.0 Å². The summed E-state index contributed by atoms with van der Waals surface area (Å²) in [5.74, 6) is -3.03. The van der Waals surface area contributed by atoms with E-state index in [1.165, 1.54) is 50.5 Å². The average Bonchev–Trinajstić information content (AvgIpc) is 2.87. The molecule has 0 bridgehead atoms. The highest BCUT2D eigenvalue weighted by atomic mass is 35.5. The summed E-state index contributed by atoms with van der Waals surface area (Å²) in [6.45, 7) is -3.51. The van der Waals surface area contributed by atoms with Crippen molar-refractivity contribution in [3.05, 3.63) is 53.1 Å². The van der Waals surface area contributed by atoms with Gasteiger partial charge in [-0.25, -0.2) is 0 Å². The number of amides is 3. The molecule has 2 aromatic carbocycles. The fourth-order valence-corrected chi connectivity index (χ4v) is 3.73.